The average Bonchev–Trinajstić information content (AvgIpc) is 3.20. The molecule has 0 aliphatic rings. The highest BCUT2D eigenvalue weighted by Gasteiger charge is 2.13. The first-order chi connectivity index (χ1) is 12.2. The average molecular weight is 335 g/mol. The van der Waals surface area contributed by atoms with Gasteiger partial charge in [-0.15, -0.1) is 0 Å². The van der Waals surface area contributed by atoms with E-state index in [1.807, 2.05) is 37.3 Å². The second kappa shape index (κ2) is 7.45. The van der Waals surface area contributed by atoms with E-state index in [2.05, 4.69) is 21.5 Å². The van der Waals surface area contributed by atoms with Crippen molar-refractivity contribution in [3.63, 3.8) is 0 Å². The zero-order valence-electron chi connectivity index (χ0n) is 13.8. The Bertz CT molecular complexity index is 905. The maximum atomic E-state index is 12.3. The van der Waals surface area contributed by atoms with Gasteiger partial charge in [0.05, 0.1) is 36.8 Å². The summed E-state index contributed by atoms with van der Waals surface area (Å²) in [5.41, 5.74) is 2.19. The Morgan fingerprint density at radius 1 is 1.36 bits per heavy atom. The molecule has 3 rings (SSSR count). The minimum atomic E-state index is -0.217. The van der Waals surface area contributed by atoms with Crippen molar-refractivity contribution in [3.05, 3.63) is 54.0 Å². The molecule has 0 aliphatic carbocycles. The normalized spacial score (nSPS) is 10.4. The Morgan fingerprint density at radius 3 is 2.92 bits per heavy atom. The largest absolute Gasteiger partial charge is 0.444 e. The molecule has 1 aromatic carbocycles. The van der Waals surface area contributed by atoms with E-state index in [-0.39, 0.29) is 12.3 Å². The summed E-state index contributed by atoms with van der Waals surface area (Å²) < 4.78 is 7.06. The molecule has 0 saturated carbocycles. The number of hydrogen-bond donors (Lipinski definition) is 1. The first kappa shape index (κ1) is 16.5. The summed E-state index contributed by atoms with van der Waals surface area (Å²) in [7, 11) is 0. The van der Waals surface area contributed by atoms with Gasteiger partial charge in [0.1, 0.15) is 12.1 Å². The van der Waals surface area contributed by atoms with Crippen molar-refractivity contribution in [1.82, 2.24) is 14.8 Å². The lowest BCUT2D eigenvalue weighted by Crippen LogP contribution is -2.17. The van der Waals surface area contributed by atoms with Gasteiger partial charge >= 0.3 is 0 Å². The SMILES string of the molecule is Cc1cc(NC(=O)Cc2coc(-c3ccccc3)n2)n(CCC#N)n1. The molecule has 0 aliphatic heterocycles. The third-order valence-electron chi connectivity index (χ3n) is 3.52. The Balaban J connectivity index is 1.66. The molecule has 2 heterocycles. The summed E-state index contributed by atoms with van der Waals surface area (Å²) in [6.07, 6.45) is 1.91. The van der Waals surface area contributed by atoms with Crippen LogP contribution < -0.4 is 5.32 Å². The predicted molar refractivity (Wildman–Crippen MR) is 91.5 cm³/mol. The van der Waals surface area contributed by atoms with Crippen molar-refractivity contribution in [2.45, 2.75) is 26.3 Å². The molecule has 7 heteroatoms. The van der Waals surface area contributed by atoms with E-state index in [9.17, 15) is 4.79 Å². The number of benzene rings is 1. The number of nitriles is 1. The molecule has 7 nitrogen and oxygen atoms in total. The van der Waals surface area contributed by atoms with Crippen LogP contribution in [0.4, 0.5) is 5.82 Å². The molecule has 0 saturated heterocycles. The highest BCUT2D eigenvalue weighted by molar-refractivity contribution is 5.91. The molecule has 126 valence electrons. The van der Waals surface area contributed by atoms with Crippen LogP contribution >= 0.6 is 0 Å². The number of carbonyl (C=O) groups is 1. The zero-order chi connectivity index (χ0) is 17.6. The highest BCUT2D eigenvalue weighted by Crippen LogP contribution is 2.18. The number of aryl methyl sites for hydroxylation is 2. The van der Waals surface area contributed by atoms with Crippen LogP contribution in [-0.4, -0.2) is 20.7 Å². The molecular formula is C18H17N5O2. The molecular weight excluding hydrogens is 318 g/mol. The van der Waals surface area contributed by atoms with Crippen LogP contribution in [0.15, 0.2) is 47.1 Å². The molecule has 0 unspecified atom stereocenters. The van der Waals surface area contributed by atoms with Crippen molar-refractivity contribution < 1.29 is 9.21 Å². The highest BCUT2D eigenvalue weighted by atomic mass is 16.3. The van der Waals surface area contributed by atoms with Gasteiger partial charge in [0, 0.05) is 11.6 Å². The quantitative estimate of drug-likeness (QED) is 0.747. The molecule has 1 amide bonds. The third-order valence-corrected chi connectivity index (χ3v) is 3.52. The fraction of sp³-hybridized carbons (Fsp3) is 0.222. The van der Waals surface area contributed by atoms with Crippen molar-refractivity contribution in [2.24, 2.45) is 0 Å². The fourth-order valence-electron chi connectivity index (χ4n) is 2.43. The summed E-state index contributed by atoms with van der Waals surface area (Å²) in [4.78, 5) is 16.6. The van der Waals surface area contributed by atoms with Crippen molar-refractivity contribution in [1.29, 1.82) is 5.26 Å². The van der Waals surface area contributed by atoms with Gasteiger partial charge in [-0.2, -0.15) is 10.4 Å². The van der Waals surface area contributed by atoms with Crippen LogP contribution in [0.2, 0.25) is 0 Å². The summed E-state index contributed by atoms with van der Waals surface area (Å²) in [6.45, 7) is 2.27. The second-order valence-corrected chi connectivity index (χ2v) is 5.54. The van der Waals surface area contributed by atoms with Crippen molar-refractivity contribution in [2.75, 3.05) is 5.32 Å². The summed E-state index contributed by atoms with van der Waals surface area (Å²) in [6, 6.07) is 13.3. The van der Waals surface area contributed by atoms with E-state index in [0.717, 1.165) is 11.3 Å². The third kappa shape index (κ3) is 4.12. The topological polar surface area (TPSA) is 96.7 Å². The van der Waals surface area contributed by atoms with Crippen LogP contribution in [0, 0.1) is 18.3 Å². The van der Waals surface area contributed by atoms with Gasteiger partial charge in [-0.25, -0.2) is 9.67 Å². The lowest BCUT2D eigenvalue weighted by atomic mass is 10.2. The number of hydrogen-bond acceptors (Lipinski definition) is 5. The minimum Gasteiger partial charge on any atom is -0.444 e. The van der Waals surface area contributed by atoms with Gasteiger partial charge in [-0.1, -0.05) is 18.2 Å². The summed E-state index contributed by atoms with van der Waals surface area (Å²) >= 11 is 0. The Kier molecular flexibility index (Phi) is 4.90. The molecule has 3 aromatic rings. The Hall–Kier alpha value is -3.40. The number of oxazole rings is 1. The fourth-order valence-corrected chi connectivity index (χ4v) is 2.43. The number of aromatic nitrogens is 3. The van der Waals surface area contributed by atoms with Crippen LogP contribution in [-0.2, 0) is 17.8 Å². The molecule has 25 heavy (non-hydrogen) atoms. The van der Waals surface area contributed by atoms with E-state index in [4.69, 9.17) is 9.68 Å². The first-order valence-electron chi connectivity index (χ1n) is 7.87. The molecule has 1 N–H and O–H groups in total. The molecule has 0 spiro atoms. The number of anilines is 1. The van der Waals surface area contributed by atoms with Crippen LogP contribution in [0.25, 0.3) is 11.5 Å². The second-order valence-electron chi connectivity index (χ2n) is 5.54. The van der Waals surface area contributed by atoms with Crippen LogP contribution in [0.1, 0.15) is 17.8 Å². The number of carbonyl (C=O) groups excluding carboxylic acids is 1. The van der Waals surface area contributed by atoms with Crippen molar-refractivity contribution >= 4 is 11.7 Å². The smallest absolute Gasteiger partial charge is 0.231 e. The minimum absolute atomic E-state index is 0.0960. The first-order valence-corrected chi connectivity index (χ1v) is 7.87. The van der Waals surface area contributed by atoms with E-state index >= 15 is 0 Å². The van der Waals surface area contributed by atoms with Gasteiger partial charge in [-0.3, -0.25) is 4.79 Å². The maximum Gasteiger partial charge on any atom is 0.231 e. The summed E-state index contributed by atoms with van der Waals surface area (Å²) in [5, 5.41) is 15.8. The lowest BCUT2D eigenvalue weighted by molar-refractivity contribution is -0.115. The van der Waals surface area contributed by atoms with Crippen LogP contribution in [0.3, 0.4) is 0 Å². The number of nitrogens with zero attached hydrogens (tertiary/aromatic N) is 4. The van der Waals surface area contributed by atoms with Gasteiger partial charge < -0.3 is 9.73 Å². The van der Waals surface area contributed by atoms with Crippen LogP contribution in [0.5, 0.6) is 0 Å². The number of nitrogens with one attached hydrogen (secondary N) is 1. The molecule has 0 atom stereocenters. The maximum absolute atomic E-state index is 12.3. The Morgan fingerprint density at radius 2 is 2.16 bits per heavy atom. The van der Waals surface area contributed by atoms with Crippen molar-refractivity contribution in [3.8, 4) is 17.5 Å². The number of rotatable bonds is 6. The van der Waals surface area contributed by atoms with E-state index in [1.54, 1.807) is 10.7 Å². The molecule has 0 bridgehead atoms. The number of amides is 1. The molecule has 0 radical (unpaired) electrons. The van der Waals surface area contributed by atoms with Gasteiger partial charge in [0.25, 0.3) is 0 Å². The van der Waals surface area contributed by atoms with E-state index < -0.39 is 0 Å². The van der Waals surface area contributed by atoms with Gasteiger partial charge in [-0.05, 0) is 19.1 Å². The molecule has 0 fully saturated rings. The van der Waals surface area contributed by atoms with Gasteiger partial charge in [0.15, 0.2) is 0 Å². The monoisotopic (exact) mass is 335 g/mol. The van der Waals surface area contributed by atoms with Gasteiger partial charge in [0.2, 0.25) is 11.8 Å². The summed E-state index contributed by atoms with van der Waals surface area (Å²) in [5.74, 6) is 0.842. The lowest BCUT2D eigenvalue weighted by Gasteiger charge is -2.06. The standard InChI is InChI=1S/C18H17N5O2/c1-13-10-16(23(22-13)9-5-8-19)21-17(24)11-15-12-25-18(20-15)14-6-3-2-4-7-14/h2-4,6-7,10,12H,5,9,11H2,1H3,(H,21,24). The molecule has 2 aromatic heterocycles. The predicted octanol–water partition coefficient (Wildman–Crippen LogP) is 2.94. The van der Waals surface area contributed by atoms with E-state index in [0.29, 0.717) is 30.4 Å². The Labute approximate surface area is 144 Å². The van der Waals surface area contributed by atoms with E-state index in [1.165, 1.54) is 6.26 Å². The zero-order valence-corrected chi connectivity index (χ0v) is 13.8.